The number of benzene rings is 3. The molecule has 0 unspecified atom stereocenters. The van der Waals surface area contributed by atoms with E-state index < -0.39 is 11.9 Å². The Morgan fingerprint density at radius 1 is 1.00 bits per heavy atom. The average molecular weight is 652 g/mol. The molecule has 3 aromatic carbocycles. The van der Waals surface area contributed by atoms with Crippen LogP contribution in [0.15, 0.2) is 80.3 Å². The molecule has 0 spiro atoms. The lowest BCUT2D eigenvalue weighted by Gasteiger charge is -2.08. The molecule has 0 atom stereocenters. The smallest absolute Gasteiger partial charge is 0.363 e. The zero-order valence-electron chi connectivity index (χ0n) is 17.4. The van der Waals surface area contributed by atoms with Crippen molar-refractivity contribution in [3.63, 3.8) is 0 Å². The maximum Gasteiger partial charge on any atom is 0.363 e. The predicted octanol–water partition coefficient (Wildman–Crippen LogP) is 8.30. The predicted molar refractivity (Wildman–Crippen MR) is 146 cm³/mol. The third kappa shape index (κ3) is 5.08. The second kappa shape index (κ2) is 9.87. The Morgan fingerprint density at radius 2 is 1.74 bits per heavy atom. The summed E-state index contributed by atoms with van der Waals surface area (Å²) in [5, 5.41) is 1.56. The largest absolute Gasteiger partial charge is 0.422 e. The van der Waals surface area contributed by atoms with Crippen LogP contribution in [0.2, 0.25) is 10.0 Å². The van der Waals surface area contributed by atoms with E-state index in [1.54, 1.807) is 48.5 Å². The summed E-state index contributed by atoms with van der Waals surface area (Å²) in [7, 11) is 0. The van der Waals surface area contributed by atoms with E-state index in [0.29, 0.717) is 21.2 Å². The minimum atomic E-state index is -0.623. The number of hydrogen-bond acceptors (Lipinski definition) is 6. The van der Waals surface area contributed by atoms with Crippen molar-refractivity contribution in [3.05, 3.63) is 101 Å². The molecule has 0 amide bonds. The van der Waals surface area contributed by atoms with Gasteiger partial charge in [0.1, 0.15) is 10.6 Å². The average Bonchev–Trinajstić information content (AvgIpc) is 3.35. The lowest BCUT2D eigenvalue weighted by molar-refractivity contribution is -0.129. The Bertz CT molecular complexity index is 1580. The Balaban J connectivity index is 1.47. The van der Waals surface area contributed by atoms with Gasteiger partial charge in [-0.25, -0.2) is 14.6 Å². The first-order chi connectivity index (χ1) is 16.8. The Kier molecular flexibility index (Phi) is 6.83. The summed E-state index contributed by atoms with van der Waals surface area (Å²) >= 11 is 20.5. The summed E-state index contributed by atoms with van der Waals surface area (Å²) in [4.78, 5) is 30.1. The summed E-state index contributed by atoms with van der Waals surface area (Å²) in [6.45, 7) is 0. The molecule has 35 heavy (non-hydrogen) atoms. The van der Waals surface area contributed by atoms with Gasteiger partial charge in [0, 0.05) is 35.2 Å². The number of nitrogens with zero attached hydrogens (tertiary/aromatic N) is 1. The molecular weight excluding hydrogens is 641 g/mol. The van der Waals surface area contributed by atoms with E-state index in [2.05, 4.69) is 36.9 Å². The highest BCUT2D eigenvalue weighted by Gasteiger charge is 2.25. The molecule has 0 aliphatic carbocycles. The third-order valence-electron chi connectivity index (χ3n) is 4.96. The van der Waals surface area contributed by atoms with Gasteiger partial charge in [0.25, 0.3) is 0 Å². The van der Waals surface area contributed by atoms with E-state index in [0.717, 1.165) is 19.0 Å². The van der Waals surface area contributed by atoms with Gasteiger partial charge in [-0.3, -0.25) is 0 Å². The molecule has 0 saturated heterocycles. The number of rotatable bonds is 4. The third-order valence-corrected chi connectivity index (χ3v) is 7.85. The first-order valence-corrected chi connectivity index (χ1v) is 13.1. The number of cyclic esters (lactones) is 1. The van der Waals surface area contributed by atoms with Crippen molar-refractivity contribution in [2.75, 3.05) is 0 Å². The van der Waals surface area contributed by atoms with Crippen molar-refractivity contribution in [1.29, 1.82) is 0 Å². The SMILES string of the molecule is O=C1OC(c2ccc(Br)cc2)=N/C1=C/c1cc(Br)ccc1OC(=O)c1sc2cc(Cl)ccc2c1Cl. The van der Waals surface area contributed by atoms with Crippen LogP contribution < -0.4 is 4.74 Å². The zero-order chi connectivity index (χ0) is 24.7. The van der Waals surface area contributed by atoms with E-state index in [1.807, 2.05) is 12.1 Å². The van der Waals surface area contributed by atoms with Crippen molar-refractivity contribution >= 4 is 100 Å². The van der Waals surface area contributed by atoms with Crippen LogP contribution in [-0.4, -0.2) is 17.8 Å². The topological polar surface area (TPSA) is 65.0 Å². The minimum absolute atomic E-state index is 0.0767. The number of halogens is 4. The summed E-state index contributed by atoms with van der Waals surface area (Å²) < 4.78 is 13.4. The van der Waals surface area contributed by atoms with Crippen LogP contribution in [0.4, 0.5) is 0 Å². The van der Waals surface area contributed by atoms with Gasteiger partial charge < -0.3 is 9.47 Å². The van der Waals surface area contributed by atoms with E-state index in [-0.39, 0.29) is 22.2 Å². The van der Waals surface area contributed by atoms with Gasteiger partial charge in [0.2, 0.25) is 5.90 Å². The van der Waals surface area contributed by atoms with Crippen LogP contribution in [0.3, 0.4) is 0 Å². The molecule has 10 heteroatoms. The van der Waals surface area contributed by atoms with Gasteiger partial charge in [0.15, 0.2) is 5.70 Å². The monoisotopic (exact) mass is 649 g/mol. The van der Waals surface area contributed by atoms with Gasteiger partial charge in [-0.2, -0.15) is 0 Å². The highest BCUT2D eigenvalue weighted by molar-refractivity contribution is 9.10. The lowest BCUT2D eigenvalue weighted by Crippen LogP contribution is -2.08. The first-order valence-electron chi connectivity index (χ1n) is 9.96. The van der Waals surface area contributed by atoms with Gasteiger partial charge in [0.05, 0.1) is 5.02 Å². The highest BCUT2D eigenvalue weighted by Crippen LogP contribution is 2.38. The molecular formula is C25H11Br2Cl2NO4S. The van der Waals surface area contributed by atoms with E-state index in [4.69, 9.17) is 32.7 Å². The molecule has 5 nitrogen and oxygen atoms in total. The standard InChI is InChI=1S/C25H11Br2Cl2NO4S/c26-14-3-1-12(2-4-14)23-30-18(24(31)34-23)10-13-9-15(27)5-8-19(13)33-25(32)22-21(29)17-7-6-16(28)11-20(17)35-22/h1-11H/b18-10+. The maximum absolute atomic E-state index is 13.0. The van der Waals surface area contributed by atoms with Gasteiger partial charge in [-0.15, -0.1) is 11.3 Å². The van der Waals surface area contributed by atoms with E-state index in [9.17, 15) is 9.59 Å². The molecule has 2 heterocycles. The molecule has 1 aromatic heterocycles. The number of esters is 2. The number of aliphatic imine (C=N–C) groups is 1. The normalized spacial score (nSPS) is 14.3. The Morgan fingerprint density at radius 3 is 2.51 bits per heavy atom. The fraction of sp³-hybridized carbons (Fsp3) is 0. The fourth-order valence-corrected chi connectivity index (χ4v) is 5.62. The van der Waals surface area contributed by atoms with Crippen molar-refractivity contribution in [2.24, 2.45) is 4.99 Å². The molecule has 1 aliphatic heterocycles. The molecule has 4 aromatic rings. The van der Waals surface area contributed by atoms with Crippen LogP contribution in [0.25, 0.3) is 16.2 Å². The molecule has 0 fully saturated rings. The van der Waals surface area contributed by atoms with Crippen LogP contribution in [0.1, 0.15) is 20.8 Å². The minimum Gasteiger partial charge on any atom is -0.422 e. The second-order valence-electron chi connectivity index (χ2n) is 7.30. The van der Waals surface area contributed by atoms with Gasteiger partial charge >= 0.3 is 11.9 Å². The van der Waals surface area contributed by atoms with E-state index in [1.165, 1.54) is 17.4 Å². The van der Waals surface area contributed by atoms with Gasteiger partial charge in [-0.05, 0) is 60.7 Å². The zero-order valence-corrected chi connectivity index (χ0v) is 22.9. The molecule has 0 saturated carbocycles. The van der Waals surface area contributed by atoms with Crippen LogP contribution in [-0.2, 0) is 9.53 Å². The van der Waals surface area contributed by atoms with Crippen molar-refractivity contribution in [3.8, 4) is 5.75 Å². The summed E-state index contributed by atoms with van der Waals surface area (Å²) in [5.41, 5.74) is 1.19. The Hall–Kier alpha value is -2.49. The number of carbonyl (C=O) groups excluding carboxylic acids is 2. The molecule has 0 bridgehead atoms. The van der Waals surface area contributed by atoms with E-state index >= 15 is 0 Å². The molecule has 0 N–H and O–H groups in total. The molecule has 5 rings (SSSR count). The molecule has 174 valence electrons. The second-order valence-corrected chi connectivity index (χ2v) is 11.0. The molecule has 0 radical (unpaired) electrons. The number of fused-ring (bicyclic) bond motifs is 1. The van der Waals surface area contributed by atoms with Crippen LogP contribution >= 0.6 is 66.4 Å². The number of ether oxygens (including phenoxy) is 2. The van der Waals surface area contributed by atoms with Crippen molar-refractivity contribution in [1.82, 2.24) is 0 Å². The van der Waals surface area contributed by atoms with Crippen LogP contribution in [0, 0.1) is 0 Å². The fourth-order valence-electron chi connectivity index (χ4n) is 3.31. The summed E-state index contributed by atoms with van der Waals surface area (Å²) in [6, 6.07) is 17.5. The lowest BCUT2D eigenvalue weighted by atomic mass is 10.1. The first kappa shape index (κ1) is 24.2. The summed E-state index contributed by atoms with van der Waals surface area (Å²) in [5.74, 6) is -0.803. The van der Waals surface area contributed by atoms with Crippen molar-refractivity contribution in [2.45, 2.75) is 0 Å². The Labute approximate surface area is 230 Å². The van der Waals surface area contributed by atoms with Gasteiger partial charge in [-0.1, -0.05) is 61.1 Å². The quantitative estimate of drug-likeness (QED) is 0.127. The number of hydrogen-bond donors (Lipinski definition) is 0. The summed E-state index contributed by atoms with van der Waals surface area (Å²) in [6.07, 6.45) is 1.51. The highest BCUT2D eigenvalue weighted by atomic mass is 79.9. The van der Waals surface area contributed by atoms with Crippen molar-refractivity contribution < 1.29 is 19.1 Å². The molecule has 1 aliphatic rings. The van der Waals surface area contributed by atoms with Crippen LogP contribution in [0.5, 0.6) is 5.75 Å². The number of carbonyl (C=O) groups is 2. The number of thiophene rings is 1. The maximum atomic E-state index is 13.0.